The summed E-state index contributed by atoms with van der Waals surface area (Å²) in [5.74, 6) is -2.64. The fraction of sp³-hybridized carbons (Fsp3) is 0.467. The van der Waals surface area contributed by atoms with Gasteiger partial charge in [-0.1, -0.05) is 19.0 Å². The number of aryl methyl sites for hydroxylation is 1. The van der Waals surface area contributed by atoms with Gasteiger partial charge in [-0.3, -0.25) is 24.0 Å². The maximum atomic E-state index is 13.9. The van der Waals surface area contributed by atoms with E-state index in [0.29, 0.717) is 11.4 Å². The number of nitrogens with one attached hydrogen (secondary N) is 4. The maximum Gasteiger partial charge on any atom is 0.274 e. The molecule has 0 saturated carbocycles. The molecule has 2 aromatic heterocycles. The third-order valence-electron chi connectivity index (χ3n) is 7.63. The average Bonchev–Trinajstić information content (AvgIpc) is 3.60. The molecule has 3 aromatic rings. The van der Waals surface area contributed by atoms with Crippen molar-refractivity contribution in [2.24, 2.45) is 13.0 Å². The lowest BCUT2D eigenvalue weighted by molar-refractivity contribution is -0.133. The highest BCUT2D eigenvalue weighted by molar-refractivity contribution is 6.00. The molecule has 4 atom stereocenters. The van der Waals surface area contributed by atoms with Crippen molar-refractivity contribution in [1.82, 2.24) is 35.9 Å². The summed E-state index contributed by atoms with van der Waals surface area (Å²) in [6.45, 7) is 6.20. The van der Waals surface area contributed by atoms with E-state index >= 15 is 0 Å². The van der Waals surface area contributed by atoms with E-state index < -0.39 is 47.9 Å². The molecule has 15 heteroatoms. The van der Waals surface area contributed by atoms with Crippen LogP contribution < -0.4 is 26.0 Å². The zero-order valence-corrected chi connectivity index (χ0v) is 26.0. The molecule has 5 amide bonds. The normalized spacial score (nSPS) is 21.3. The van der Waals surface area contributed by atoms with Gasteiger partial charge in [0.1, 0.15) is 29.6 Å². The molecule has 1 aromatic carbocycles. The first-order valence-corrected chi connectivity index (χ1v) is 14.6. The minimum Gasteiger partial charge on any atom is -0.497 e. The van der Waals surface area contributed by atoms with Crippen molar-refractivity contribution in [3.05, 3.63) is 47.5 Å². The van der Waals surface area contributed by atoms with Crippen molar-refractivity contribution in [2.45, 2.75) is 58.5 Å². The Labute approximate surface area is 259 Å². The highest BCUT2D eigenvalue weighted by Crippen LogP contribution is 2.25. The average molecular weight is 626 g/mol. The molecule has 0 radical (unpaired) electrons. The predicted molar refractivity (Wildman–Crippen MR) is 161 cm³/mol. The summed E-state index contributed by atoms with van der Waals surface area (Å²) in [7, 11) is 3.31. The van der Waals surface area contributed by atoms with Gasteiger partial charge in [-0.2, -0.15) is 0 Å². The van der Waals surface area contributed by atoms with Crippen LogP contribution in [0.5, 0.6) is 5.75 Å². The van der Waals surface area contributed by atoms with E-state index in [2.05, 4.69) is 26.4 Å². The van der Waals surface area contributed by atoms with Crippen LogP contribution in [0.3, 0.4) is 0 Å². The minimum atomic E-state index is -1.43. The van der Waals surface area contributed by atoms with Gasteiger partial charge >= 0.3 is 0 Å². The van der Waals surface area contributed by atoms with Crippen molar-refractivity contribution in [2.75, 3.05) is 20.2 Å². The zero-order chi connectivity index (χ0) is 33.0. The number of aliphatic hydroxyl groups excluding tert-OH is 1. The summed E-state index contributed by atoms with van der Waals surface area (Å²) in [4.78, 5) is 67.4. The van der Waals surface area contributed by atoms with E-state index in [-0.39, 0.29) is 42.9 Å². The van der Waals surface area contributed by atoms with Gasteiger partial charge in [-0.25, -0.2) is 0 Å². The number of rotatable bonds is 4. The Morgan fingerprint density at radius 2 is 1.76 bits per heavy atom. The first-order chi connectivity index (χ1) is 21.3. The summed E-state index contributed by atoms with van der Waals surface area (Å²) in [6.07, 6.45) is -1.33. The lowest BCUT2D eigenvalue weighted by Crippen LogP contribution is -2.58. The van der Waals surface area contributed by atoms with Crippen molar-refractivity contribution < 1.29 is 38.3 Å². The van der Waals surface area contributed by atoms with Crippen molar-refractivity contribution in [3.63, 3.8) is 0 Å². The lowest BCUT2D eigenvalue weighted by Gasteiger charge is -2.26. The number of methoxy groups -OCH3 is 1. The summed E-state index contributed by atoms with van der Waals surface area (Å²) in [5.41, 5.74) is 0.970. The smallest absolute Gasteiger partial charge is 0.274 e. The largest absolute Gasteiger partial charge is 0.497 e. The van der Waals surface area contributed by atoms with Gasteiger partial charge in [0.2, 0.25) is 17.7 Å². The summed E-state index contributed by atoms with van der Waals surface area (Å²) in [6, 6.07) is 5.03. The number of carbonyl (C=O) groups excluding carboxylic acids is 5. The van der Waals surface area contributed by atoms with Crippen LogP contribution in [-0.2, 0) is 28.0 Å². The molecular formula is C30H39N7O8. The molecular weight excluding hydrogens is 586 g/mol. The Bertz CT molecular complexity index is 1590. The van der Waals surface area contributed by atoms with Gasteiger partial charge in [0.25, 0.3) is 11.8 Å². The fourth-order valence-electron chi connectivity index (χ4n) is 4.98. The van der Waals surface area contributed by atoms with Crippen LogP contribution in [0.25, 0.3) is 10.9 Å². The molecule has 15 nitrogen and oxygen atoms in total. The van der Waals surface area contributed by atoms with E-state index in [4.69, 9.17) is 9.26 Å². The molecule has 0 fully saturated rings. The molecule has 1 aliphatic heterocycles. The molecule has 4 rings (SSSR count). The molecule has 1 aliphatic rings. The van der Waals surface area contributed by atoms with Crippen molar-refractivity contribution >= 4 is 40.4 Å². The van der Waals surface area contributed by atoms with Gasteiger partial charge in [0, 0.05) is 37.1 Å². The Kier molecular flexibility index (Phi) is 10.1. The second kappa shape index (κ2) is 13.8. The first-order valence-electron chi connectivity index (χ1n) is 14.6. The van der Waals surface area contributed by atoms with Gasteiger partial charge < -0.3 is 45.1 Å². The summed E-state index contributed by atoms with van der Waals surface area (Å²) >= 11 is 0. The lowest BCUT2D eigenvalue weighted by atomic mass is 10.0. The van der Waals surface area contributed by atoms with E-state index in [1.54, 1.807) is 44.7 Å². The number of hydrogen-bond acceptors (Lipinski definition) is 9. The number of hydrogen-bond donors (Lipinski definition) is 5. The maximum absolute atomic E-state index is 13.9. The molecule has 3 heterocycles. The molecule has 45 heavy (non-hydrogen) atoms. The fourth-order valence-corrected chi connectivity index (χ4v) is 4.98. The standard InChI is InChI=1S/C30H39N7O8/c1-15(2)24-28(41)31-9-10-37(30(43)23-12-18-11-19(44-6)7-8-22(18)36(23)5)14-20-13-21(35-45-20)27(40)34-25(17(4)38)29(42)32-16(3)26(39)33-24/h7-8,11-13,15-17,24-25,38H,9-10,14H2,1-6H3,(H,31,41)(H,32,42)(H,33,39)(H,34,40)/t16-,17+,24-,25-/m0/s1. The van der Waals surface area contributed by atoms with Gasteiger partial charge in [-0.15, -0.1) is 0 Å². The van der Waals surface area contributed by atoms with E-state index in [1.807, 2.05) is 12.1 Å². The number of fused-ring (bicyclic) bond motifs is 3. The number of ether oxygens (including phenoxy) is 1. The third-order valence-corrected chi connectivity index (χ3v) is 7.63. The Balaban J connectivity index is 1.68. The number of nitrogens with zero attached hydrogens (tertiary/aromatic N) is 3. The monoisotopic (exact) mass is 625 g/mol. The van der Waals surface area contributed by atoms with Crippen LogP contribution in [0.1, 0.15) is 54.4 Å². The van der Waals surface area contributed by atoms with E-state index in [0.717, 1.165) is 10.9 Å². The first kappa shape index (κ1) is 33.0. The highest BCUT2D eigenvalue weighted by atomic mass is 16.5. The predicted octanol–water partition coefficient (Wildman–Crippen LogP) is 0.0718. The van der Waals surface area contributed by atoms with E-state index in [1.165, 1.54) is 24.8 Å². The van der Waals surface area contributed by atoms with Crippen LogP contribution >= 0.6 is 0 Å². The van der Waals surface area contributed by atoms with Crippen LogP contribution in [-0.4, -0.2) is 93.7 Å². The van der Waals surface area contributed by atoms with Gasteiger partial charge in [-0.05, 0) is 44.0 Å². The topological polar surface area (TPSA) is 197 Å². The van der Waals surface area contributed by atoms with Gasteiger partial charge in [0.05, 0.1) is 19.8 Å². The summed E-state index contributed by atoms with van der Waals surface area (Å²) in [5, 5.41) is 25.1. The van der Waals surface area contributed by atoms with Crippen molar-refractivity contribution in [3.8, 4) is 5.75 Å². The molecule has 0 aliphatic carbocycles. The van der Waals surface area contributed by atoms with E-state index in [9.17, 15) is 29.1 Å². The number of aromatic nitrogens is 2. The Morgan fingerprint density at radius 3 is 2.42 bits per heavy atom. The zero-order valence-electron chi connectivity index (χ0n) is 26.0. The Morgan fingerprint density at radius 1 is 1.02 bits per heavy atom. The van der Waals surface area contributed by atoms with Gasteiger partial charge in [0.15, 0.2) is 11.5 Å². The minimum absolute atomic E-state index is 0.0330. The molecule has 242 valence electrons. The summed E-state index contributed by atoms with van der Waals surface area (Å²) < 4.78 is 12.4. The number of benzene rings is 1. The number of aliphatic hydroxyl groups is 1. The molecule has 0 spiro atoms. The third kappa shape index (κ3) is 7.42. The second-order valence-corrected chi connectivity index (χ2v) is 11.4. The van der Waals surface area contributed by atoms with Crippen molar-refractivity contribution in [1.29, 1.82) is 0 Å². The number of carbonyl (C=O) groups is 5. The molecule has 0 unspecified atom stereocenters. The van der Waals surface area contributed by atoms with Crippen LogP contribution in [0.2, 0.25) is 0 Å². The number of amides is 5. The second-order valence-electron chi connectivity index (χ2n) is 11.4. The van der Waals surface area contributed by atoms with Crippen LogP contribution in [0, 0.1) is 5.92 Å². The molecule has 0 saturated heterocycles. The highest BCUT2D eigenvalue weighted by Gasteiger charge is 2.32. The molecule has 5 N–H and O–H groups in total. The SMILES string of the molecule is COc1ccc2c(c1)cc(C(=O)N1CCNC(=O)[C@H](C(C)C)NC(=O)[C@H](C)NC(=O)[C@H]([C@@H](C)O)NC(=O)c3cc(on3)C1)n2C. The quantitative estimate of drug-likeness (QED) is 0.266. The molecule has 2 bridgehead atoms. The van der Waals surface area contributed by atoms with Crippen LogP contribution in [0.15, 0.2) is 34.9 Å². The van der Waals surface area contributed by atoms with Crippen LogP contribution in [0.4, 0.5) is 0 Å². The Hall–Kier alpha value is -4.92.